The first kappa shape index (κ1) is 56.2. The summed E-state index contributed by atoms with van der Waals surface area (Å²) >= 11 is 0. The quantitative estimate of drug-likeness (QED) is 0.0675. The molecule has 0 amide bonds. The second kappa shape index (κ2) is 49.8. The molecule has 6 nitrogen and oxygen atoms in total. The molecular formula is C37H80O6Ti. The number of aliphatic hydroxyl groups excluding tert-OH is 4. The fraction of sp³-hybridized carbons (Fsp3) is 0.946. The van der Waals surface area contributed by atoms with Crippen molar-refractivity contribution in [2.45, 2.75) is 178 Å². The van der Waals surface area contributed by atoms with Crippen LogP contribution < -0.4 is 0 Å². The summed E-state index contributed by atoms with van der Waals surface area (Å²) in [6, 6.07) is 0. The number of carbonyl (C=O) groups excluding carboxylic acids is 2. The van der Waals surface area contributed by atoms with Crippen molar-refractivity contribution >= 4 is 11.6 Å². The Kier molecular flexibility index (Phi) is 63.6. The minimum absolute atomic E-state index is 0. The average Bonchev–Trinajstić information content (AvgIpc) is 3.00. The van der Waals surface area contributed by atoms with Gasteiger partial charge in [-0.25, -0.2) is 0 Å². The average molecular weight is 669 g/mol. The van der Waals surface area contributed by atoms with Gasteiger partial charge in [-0.2, -0.15) is 0 Å². The number of hydrogen-bond donors (Lipinski definition) is 4. The first-order valence-corrected chi connectivity index (χ1v) is 17.9. The molecule has 0 fully saturated rings. The van der Waals surface area contributed by atoms with Crippen LogP contribution in [0.3, 0.4) is 0 Å². The van der Waals surface area contributed by atoms with Crippen molar-refractivity contribution < 1.29 is 51.7 Å². The number of hydrogen-bond acceptors (Lipinski definition) is 6. The molecule has 0 rings (SSSR count). The summed E-state index contributed by atoms with van der Waals surface area (Å²) in [6.45, 7) is 21.6. The molecule has 0 aliphatic rings. The van der Waals surface area contributed by atoms with E-state index >= 15 is 0 Å². The number of Topliss-reactive ketones (excluding diaryl/α,β-unsaturated/α-hetero) is 2. The van der Waals surface area contributed by atoms with Crippen LogP contribution in [0.15, 0.2) is 0 Å². The number of carbonyl (C=O) groups is 2. The molecule has 0 aromatic rings. The summed E-state index contributed by atoms with van der Waals surface area (Å²) in [6.07, 6.45) is 19.4. The number of aliphatic hydroxyl groups is 4. The number of unbranched alkanes of at least 4 members (excludes halogenated alkanes) is 4. The Bertz CT molecular complexity index is 426. The van der Waals surface area contributed by atoms with Gasteiger partial charge in [-0.3, -0.25) is 9.59 Å². The summed E-state index contributed by atoms with van der Waals surface area (Å²) in [5.41, 5.74) is 0. The van der Waals surface area contributed by atoms with Gasteiger partial charge in [0.15, 0.2) is 0 Å². The van der Waals surface area contributed by atoms with Crippen LogP contribution in [0.5, 0.6) is 0 Å². The Labute approximate surface area is 290 Å². The Morgan fingerprint density at radius 2 is 0.614 bits per heavy atom. The molecule has 268 valence electrons. The van der Waals surface area contributed by atoms with Crippen molar-refractivity contribution in [2.24, 2.45) is 23.7 Å². The van der Waals surface area contributed by atoms with Crippen LogP contribution in [0.4, 0.5) is 0 Å². The normalized spacial score (nSPS) is 12.5. The molecule has 4 unspecified atom stereocenters. The molecule has 0 spiro atoms. The SMILES string of the molecule is CC(=O)CC(C)=O.CCCCC(CC)CO.CCCCC(CC)CO.CCCCC(CC)CO.CCCCC(CC)CO.[Ti]. The summed E-state index contributed by atoms with van der Waals surface area (Å²) in [5, 5.41) is 35.0. The molecule has 0 aromatic heterocycles. The molecule has 44 heavy (non-hydrogen) atoms. The van der Waals surface area contributed by atoms with Crippen LogP contribution in [-0.4, -0.2) is 58.4 Å². The van der Waals surface area contributed by atoms with Gasteiger partial charge in [-0.1, -0.05) is 132 Å². The van der Waals surface area contributed by atoms with E-state index in [0.29, 0.717) is 50.1 Å². The maximum absolute atomic E-state index is 10.0. The maximum Gasteiger partial charge on any atom is 0.137 e. The van der Waals surface area contributed by atoms with Gasteiger partial charge in [0, 0.05) is 48.1 Å². The maximum atomic E-state index is 10.0. The fourth-order valence-electron chi connectivity index (χ4n) is 4.02. The molecule has 0 bridgehead atoms. The van der Waals surface area contributed by atoms with E-state index in [0.717, 1.165) is 25.7 Å². The zero-order chi connectivity index (χ0) is 34.3. The second-order valence-corrected chi connectivity index (χ2v) is 12.0. The van der Waals surface area contributed by atoms with Crippen molar-refractivity contribution in [1.82, 2.24) is 0 Å². The van der Waals surface area contributed by atoms with Crippen LogP contribution in [0, 0.1) is 23.7 Å². The third kappa shape index (κ3) is 54.4. The standard InChI is InChI=1S/4C8H18O.C5H8O2.Ti/c4*1-3-5-6-8(4-2)7-9;1-4(6)3-5(2)7;/h4*8-9H,3-7H2,1-2H3;3H2,1-2H3;. The van der Waals surface area contributed by atoms with E-state index in [9.17, 15) is 9.59 Å². The molecule has 0 aliphatic carbocycles. The Balaban J connectivity index is -0.000000102. The first-order valence-electron chi connectivity index (χ1n) is 17.9. The van der Waals surface area contributed by atoms with E-state index in [1.54, 1.807) is 0 Å². The van der Waals surface area contributed by atoms with Gasteiger partial charge in [0.2, 0.25) is 0 Å². The van der Waals surface area contributed by atoms with Crippen molar-refractivity contribution in [3.05, 3.63) is 0 Å². The van der Waals surface area contributed by atoms with Crippen molar-refractivity contribution in [3.8, 4) is 0 Å². The van der Waals surface area contributed by atoms with Crippen LogP contribution in [0.2, 0.25) is 0 Å². The smallest absolute Gasteiger partial charge is 0.137 e. The second-order valence-electron chi connectivity index (χ2n) is 12.0. The van der Waals surface area contributed by atoms with E-state index in [1.165, 1.54) is 90.9 Å². The minimum Gasteiger partial charge on any atom is -0.396 e. The third-order valence-corrected chi connectivity index (χ3v) is 7.70. The predicted molar refractivity (Wildman–Crippen MR) is 188 cm³/mol. The van der Waals surface area contributed by atoms with Gasteiger partial charge in [0.25, 0.3) is 0 Å². The van der Waals surface area contributed by atoms with Gasteiger partial charge < -0.3 is 20.4 Å². The van der Waals surface area contributed by atoms with Crippen molar-refractivity contribution in [1.29, 1.82) is 0 Å². The summed E-state index contributed by atoms with van der Waals surface area (Å²) in [5.74, 6) is 2.12. The monoisotopic (exact) mass is 669 g/mol. The summed E-state index contributed by atoms with van der Waals surface area (Å²) in [7, 11) is 0. The zero-order valence-corrected chi connectivity index (χ0v) is 32.8. The number of ketones is 2. The summed E-state index contributed by atoms with van der Waals surface area (Å²) < 4.78 is 0. The van der Waals surface area contributed by atoms with Gasteiger partial charge in [0.05, 0.1) is 6.42 Å². The molecular weight excluding hydrogens is 588 g/mol. The van der Waals surface area contributed by atoms with Crippen LogP contribution in [0.25, 0.3) is 0 Å². The Morgan fingerprint density at radius 3 is 0.682 bits per heavy atom. The predicted octanol–water partition coefficient (Wildman–Crippen LogP) is 9.33. The molecule has 0 aliphatic heterocycles. The van der Waals surface area contributed by atoms with E-state index < -0.39 is 0 Å². The number of rotatable bonds is 22. The van der Waals surface area contributed by atoms with Crippen molar-refractivity contribution in [2.75, 3.05) is 26.4 Å². The van der Waals surface area contributed by atoms with E-state index in [2.05, 4.69) is 55.4 Å². The summed E-state index contributed by atoms with van der Waals surface area (Å²) in [4.78, 5) is 20.1. The zero-order valence-electron chi connectivity index (χ0n) is 31.3. The minimum atomic E-state index is -0.0625. The molecule has 0 radical (unpaired) electrons. The van der Waals surface area contributed by atoms with Gasteiger partial charge >= 0.3 is 0 Å². The third-order valence-electron chi connectivity index (χ3n) is 7.70. The van der Waals surface area contributed by atoms with Crippen molar-refractivity contribution in [3.63, 3.8) is 0 Å². The first-order chi connectivity index (χ1) is 20.5. The molecule has 0 heterocycles. The molecule has 4 N–H and O–H groups in total. The molecule has 0 saturated carbocycles. The van der Waals surface area contributed by atoms with E-state index in [1.807, 2.05) is 0 Å². The fourth-order valence-corrected chi connectivity index (χ4v) is 4.02. The van der Waals surface area contributed by atoms with E-state index in [4.69, 9.17) is 20.4 Å². The molecule has 0 saturated heterocycles. The topological polar surface area (TPSA) is 115 Å². The van der Waals surface area contributed by atoms with Crippen LogP contribution in [0.1, 0.15) is 178 Å². The Morgan fingerprint density at radius 1 is 0.432 bits per heavy atom. The van der Waals surface area contributed by atoms with Crippen LogP contribution >= 0.6 is 0 Å². The molecule has 4 atom stereocenters. The van der Waals surface area contributed by atoms with Gasteiger partial charge in [-0.15, -0.1) is 0 Å². The van der Waals surface area contributed by atoms with Crippen LogP contribution in [-0.2, 0) is 31.3 Å². The van der Waals surface area contributed by atoms with Gasteiger partial charge in [0.1, 0.15) is 11.6 Å². The van der Waals surface area contributed by atoms with Gasteiger partial charge in [-0.05, 0) is 63.2 Å². The molecule has 7 heteroatoms. The van der Waals surface area contributed by atoms with E-state index in [-0.39, 0.29) is 39.7 Å². The largest absolute Gasteiger partial charge is 0.396 e. The Hall–Kier alpha value is -0.106. The molecule has 0 aromatic carbocycles.